The van der Waals surface area contributed by atoms with Gasteiger partial charge in [0.2, 0.25) is 0 Å². The van der Waals surface area contributed by atoms with E-state index >= 15 is 0 Å². The lowest BCUT2D eigenvalue weighted by atomic mass is 9.44. The number of hydrogen-bond acceptors (Lipinski definition) is 4. The van der Waals surface area contributed by atoms with Gasteiger partial charge in [-0.3, -0.25) is 4.79 Å². The van der Waals surface area contributed by atoms with Crippen LogP contribution in [0.1, 0.15) is 83.3 Å². The summed E-state index contributed by atoms with van der Waals surface area (Å²) in [5, 5.41) is 11.5. The molecule has 4 heteroatoms. The van der Waals surface area contributed by atoms with Gasteiger partial charge in [0.05, 0.1) is 13.7 Å². The van der Waals surface area contributed by atoms with Crippen LogP contribution in [0.3, 0.4) is 0 Å². The first-order valence-corrected chi connectivity index (χ1v) is 15.4. The van der Waals surface area contributed by atoms with E-state index in [1.807, 2.05) is 31.2 Å². The molecule has 0 radical (unpaired) electrons. The maximum atomic E-state index is 13.5. The molecule has 4 nitrogen and oxygen atoms in total. The van der Waals surface area contributed by atoms with Crippen molar-refractivity contribution in [3.63, 3.8) is 0 Å². The molecule has 3 fully saturated rings. The van der Waals surface area contributed by atoms with E-state index in [9.17, 15) is 9.90 Å². The number of aliphatic hydroxyl groups is 1. The highest BCUT2D eigenvalue weighted by Gasteiger charge is 2.65. The van der Waals surface area contributed by atoms with Gasteiger partial charge in [-0.2, -0.15) is 0 Å². The number of carbonyl (C=O) groups excluding carboxylic acids is 1. The number of ether oxygens (including phenoxy) is 2. The minimum atomic E-state index is -1.12. The number of benzene rings is 2. The van der Waals surface area contributed by atoms with E-state index in [1.54, 1.807) is 7.11 Å². The van der Waals surface area contributed by atoms with Gasteiger partial charge in [0, 0.05) is 18.3 Å². The average molecular weight is 543 g/mol. The number of Topliss-reactive ketones (excluding diaryl/α,β-unsaturated/α-hetero) is 1. The van der Waals surface area contributed by atoms with Crippen LogP contribution in [0, 0.1) is 34.0 Å². The zero-order valence-electron chi connectivity index (χ0n) is 24.7. The number of ketones is 1. The first-order valence-electron chi connectivity index (χ1n) is 15.4. The van der Waals surface area contributed by atoms with Gasteiger partial charge in [0.25, 0.3) is 0 Å². The van der Waals surface area contributed by atoms with Crippen molar-refractivity contribution in [2.75, 3.05) is 7.11 Å². The van der Waals surface area contributed by atoms with Crippen molar-refractivity contribution in [3.05, 3.63) is 77.4 Å². The van der Waals surface area contributed by atoms with Crippen molar-refractivity contribution in [2.24, 2.45) is 34.0 Å². The second kappa shape index (κ2) is 10.1. The lowest BCUT2D eigenvalue weighted by Gasteiger charge is -2.60. The van der Waals surface area contributed by atoms with Gasteiger partial charge in [-0.05, 0) is 104 Å². The highest BCUT2D eigenvalue weighted by molar-refractivity contribution is 5.84. The summed E-state index contributed by atoms with van der Waals surface area (Å²) in [7, 11) is 1.67. The molecule has 4 aliphatic rings. The molecule has 0 aromatic heterocycles. The van der Waals surface area contributed by atoms with Crippen LogP contribution in [0.2, 0.25) is 0 Å². The Bertz CT molecular complexity index is 1270. The molecule has 1 N–H and O–H groups in total. The second-order valence-electron chi connectivity index (χ2n) is 13.8. The Kier molecular flexibility index (Phi) is 7.02. The minimum absolute atomic E-state index is 0.0361. The largest absolute Gasteiger partial charge is 0.497 e. The number of methoxy groups -OCH3 is 1. The quantitative estimate of drug-likeness (QED) is 0.288. The Morgan fingerprint density at radius 3 is 2.35 bits per heavy atom. The molecule has 214 valence electrons. The van der Waals surface area contributed by atoms with Crippen LogP contribution in [-0.4, -0.2) is 23.8 Å². The Hall–Kier alpha value is -2.43. The van der Waals surface area contributed by atoms with Crippen LogP contribution in [0.15, 0.2) is 66.2 Å². The van der Waals surface area contributed by atoms with E-state index in [0.29, 0.717) is 43.0 Å². The van der Waals surface area contributed by atoms with Gasteiger partial charge in [-0.1, -0.05) is 68.0 Å². The third-order valence-electron chi connectivity index (χ3n) is 12.2. The van der Waals surface area contributed by atoms with Crippen LogP contribution < -0.4 is 4.74 Å². The average Bonchev–Trinajstić information content (AvgIpc) is 3.26. The van der Waals surface area contributed by atoms with E-state index in [4.69, 9.17) is 9.47 Å². The monoisotopic (exact) mass is 542 g/mol. The standard InChI is InChI=1S/C36H46O4/c1-25(37)35(22-26-8-6-5-7-9-26)19-17-32-30-15-12-28-23-36(38,40-24-27-10-13-29(39-4)14-11-27)21-20-33(28,2)31(30)16-18-34(32,35)3/h5-14,30-32,38H,15-24H2,1-4H3/t30?,31?,32?,33-,34-,35+,36-/m0/s1. The van der Waals surface area contributed by atoms with Crippen molar-refractivity contribution in [1.29, 1.82) is 0 Å². The van der Waals surface area contributed by atoms with Crippen LogP contribution in [0.4, 0.5) is 0 Å². The van der Waals surface area contributed by atoms with Crippen molar-refractivity contribution in [3.8, 4) is 5.75 Å². The second-order valence-corrected chi connectivity index (χ2v) is 13.8. The number of hydrogen-bond donors (Lipinski definition) is 1. The molecule has 0 aliphatic heterocycles. The van der Waals surface area contributed by atoms with Crippen molar-refractivity contribution in [1.82, 2.24) is 0 Å². The van der Waals surface area contributed by atoms with Crippen LogP contribution in [0.25, 0.3) is 0 Å². The molecule has 0 spiro atoms. The Morgan fingerprint density at radius 1 is 0.925 bits per heavy atom. The fourth-order valence-corrected chi connectivity index (χ4v) is 9.75. The molecular formula is C36H46O4. The first-order chi connectivity index (χ1) is 19.1. The van der Waals surface area contributed by atoms with E-state index in [-0.39, 0.29) is 16.2 Å². The molecule has 3 unspecified atom stereocenters. The summed E-state index contributed by atoms with van der Waals surface area (Å²) in [4.78, 5) is 13.5. The summed E-state index contributed by atoms with van der Waals surface area (Å²) in [5.74, 6) is 1.88. The number of allylic oxidation sites excluding steroid dienone is 1. The topological polar surface area (TPSA) is 55.8 Å². The lowest BCUT2D eigenvalue weighted by molar-refractivity contribution is -0.231. The Morgan fingerprint density at radius 2 is 1.65 bits per heavy atom. The molecule has 2 aromatic rings. The highest BCUT2D eigenvalue weighted by atomic mass is 16.6. The number of carbonyl (C=O) groups is 1. The number of fused-ring (bicyclic) bond motifs is 5. The summed E-state index contributed by atoms with van der Waals surface area (Å²) < 4.78 is 11.5. The third kappa shape index (κ3) is 4.38. The molecule has 0 saturated heterocycles. The molecule has 0 bridgehead atoms. The highest BCUT2D eigenvalue weighted by Crippen LogP contribution is 2.70. The Balaban J connectivity index is 1.20. The first kappa shape index (κ1) is 27.7. The molecule has 2 aromatic carbocycles. The summed E-state index contributed by atoms with van der Waals surface area (Å²) in [5.41, 5.74) is 3.59. The zero-order chi connectivity index (χ0) is 28.2. The maximum Gasteiger partial charge on any atom is 0.169 e. The summed E-state index contributed by atoms with van der Waals surface area (Å²) in [6.45, 7) is 7.17. The summed E-state index contributed by atoms with van der Waals surface area (Å²) >= 11 is 0. The Labute approximate surface area is 240 Å². The van der Waals surface area contributed by atoms with Gasteiger partial charge >= 0.3 is 0 Å². The summed E-state index contributed by atoms with van der Waals surface area (Å²) in [6.07, 6.45) is 11.0. The third-order valence-corrected chi connectivity index (χ3v) is 12.2. The van der Waals surface area contributed by atoms with Crippen LogP contribution in [0.5, 0.6) is 5.75 Å². The molecule has 0 amide bonds. The van der Waals surface area contributed by atoms with Crippen molar-refractivity contribution in [2.45, 2.75) is 91.0 Å². The molecule has 40 heavy (non-hydrogen) atoms. The van der Waals surface area contributed by atoms with Crippen molar-refractivity contribution < 1.29 is 19.4 Å². The SMILES string of the molecule is COc1ccc(CO[C@@]2(O)CC[C@@]3(C)C(=CCC4C3CC[C@@]3(C)C4CC[C@@]3(Cc3ccccc3)C(C)=O)C2)cc1. The number of rotatable bonds is 7. The maximum absolute atomic E-state index is 13.5. The summed E-state index contributed by atoms with van der Waals surface area (Å²) in [6, 6.07) is 18.5. The lowest BCUT2D eigenvalue weighted by Crippen LogP contribution is -2.55. The molecule has 0 heterocycles. The van der Waals surface area contributed by atoms with Crippen molar-refractivity contribution >= 4 is 5.78 Å². The predicted octanol–water partition coefficient (Wildman–Crippen LogP) is 7.68. The van der Waals surface area contributed by atoms with E-state index in [2.05, 4.69) is 50.3 Å². The van der Waals surface area contributed by atoms with Gasteiger partial charge < -0.3 is 14.6 Å². The zero-order valence-corrected chi connectivity index (χ0v) is 24.7. The van der Waals surface area contributed by atoms with E-state index < -0.39 is 5.79 Å². The van der Waals surface area contributed by atoms with Gasteiger partial charge in [0.1, 0.15) is 11.5 Å². The molecule has 3 saturated carbocycles. The molecular weight excluding hydrogens is 496 g/mol. The van der Waals surface area contributed by atoms with Gasteiger partial charge in [0.15, 0.2) is 5.79 Å². The van der Waals surface area contributed by atoms with Gasteiger partial charge in [-0.15, -0.1) is 0 Å². The van der Waals surface area contributed by atoms with E-state index in [1.165, 1.54) is 17.6 Å². The predicted molar refractivity (Wildman–Crippen MR) is 158 cm³/mol. The normalized spacial score (nSPS) is 38.5. The minimum Gasteiger partial charge on any atom is -0.497 e. The smallest absolute Gasteiger partial charge is 0.169 e. The molecule has 7 atom stereocenters. The van der Waals surface area contributed by atoms with Crippen LogP contribution >= 0.6 is 0 Å². The fraction of sp³-hybridized carbons (Fsp3) is 0.583. The molecule has 4 aliphatic carbocycles. The molecule has 6 rings (SSSR count). The fourth-order valence-electron chi connectivity index (χ4n) is 9.75. The van der Waals surface area contributed by atoms with Gasteiger partial charge in [-0.25, -0.2) is 0 Å². The van der Waals surface area contributed by atoms with E-state index in [0.717, 1.165) is 49.8 Å². The van der Waals surface area contributed by atoms with Crippen LogP contribution in [-0.2, 0) is 22.6 Å².